The minimum Gasteiger partial charge on any atom is -0.350 e. The molecule has 2 aromatic heterocycles. The molecule has 2 aromatic rings. The fourth-order valence-corrected chi connectivity index (χ4v) is 2.39. The third-order valence-electron chi connectivity index (χ3n) is 3.62. The number of nitrogens with zero attached hydrogens (tertiary/aromatic N) is 2. The second-order valence-electron chi connectivity index (χ2n) is 5.21. The number of pyridine rings is 1. The summed E-state index contributed by atoms with van der Waals surface area (Å²) in [6, 6.07) is 5.76. The van der Waals surface area contributed by atoms with Crippen LogP contribution >= 0.6 is 0 Å². The van der Waals surface area contributed by atoms with Gasteiger partial charge >= 0.3 is 0 Å². The van der Waals surface area contributed by atoms with Crippen molar-refractivity contribution in [3.63, 3.8) is 0 Å². The van der Waals surface area contributed by atoms with Crippen molar-refractivity contribution in [2.45, 2.75) is 18.9 Å². The van der Waals surface area contributed by atoms with E-state index in [0.29, 0.717) is 24.2 Å². The number of amides is 1. The number of H-pyrrole nitrogens is 1. The molecule has 0 bridgehead atoms. The van der Waals surface area contributed by atoms with Gasteiger partial charge in [-0.25, -0.2) is 0 Å². The lowest BCUT2D eigenvalue weighted by Gasteiger charge is -2.32. The fourth-order valence-electron chi connectivity index (χ4n) is 2.39. The summed E-state index contributed by atoms with van der Waals surface area (Å²) in [5.74, 6) is 0.384. The quantitative estimate of drug-likeness (QED) is 0.771. The van der Waals surface area contributed by atoms with E-state index in [1.165, 1.54) is 0 Å². The Kier molecular flexibility index (Phi) is 3.47. The highest BCUT2D eigenvalue weighted by Gasteiger charge is 2.26. The van der Waals surface area contributed by atoms with Crippen molar-refractivity contribution in [1.82, 2.24) is 20.5 Å². The topological polar surface area (TPSA) is 96.7 Å². The van der Waals surface area contributed by atoms with Gasteiger partial charge in [0.15, 0.2) is 0 Å². The minimum atomic E-state index is -0.127. The predicted molar refractivity (Wildman–Crippen MR) is 74.9 cm³/mol. The van der Waals surface area contributed by atoms with Crippen LogP contribution in [0.5, 0.6) is 0 Å². The molecule has 104 valence electrons. The van der Waals surface area contributed by atoms with E-state index in [1.54, 1.807) is 18.5 Å². The van der Waals surface area contributed by atoms with Gasteiger partial charge in [-0.1, -0.05) is 0 Å². The first-order valence-corrected chi connectivity index (χ1v) is 6.72. The van der Waals surface area contributed by atoms with E-state index >= 15 is 0 Å². The number of nitrogens with two attached hydrogens (primary N) is 1. The predicted octanol–water partition coefficient (Wildman–Crippen LogP) is 0.939. The summed E-state index contributed by atoms with van der Waals surface area (Å²) in [6.07, 6.45) is 5.38. The van der Waals surface area contributed by atoms with Crippen LogP contribution in [-0.4, -0.2) is 33.7 Å². The number of hydrogen-bond acceptors (Lipinski definition) is 4. The molecular weight excluding hydrogens is 254 g/mol. The highest BCUT2D eigenvalue weighted by atomic mass is 16.1. The largest absolute Gasteiger partial charge is 0.350 e. The number of nitrogens with one attached hydrogen (secondary N) is 2. The average molecular weight is 271 g/mol. The standard InChI is InChI=1S/C14H17N5O/c15-11-5-9(6-11)8-17-14(20)13-7-12(18-19-13)10-1-3-16-4-2-10/h1-4,7,9,11H,5-6,8,15H2,(H,17,20)(H,18,19). The van der Waals surface area contributed by atoms with Gasteiger partial charge in [0.2, 0.25) is 0 Å². The minimum absolute atomic E-state index is 0.127. The highest BCUT2D eigenvalue weighted by molar-refractivity contribution is 5.93. The lowest BCUT2D eigenvalue weighted by Crippen LogP contribution is -2.42. The monoisotopic (exact) mass is 271 g/mol. The Labute approximate surface area is 116 Å². The lowest BCUT2D eigenvalue weighted by molar-refractivity contribution is 0.0930. The normalized spacial score (nSPS) is 21.2. The van der Waals surface area contributed by atoms with E-state index in [0.717, 1.165) is 24.1 Å². The van der Waals surface area contributed by atoms with Crippen molar-refractivity contribution >= 4 is 5.91 Å². The molecule has 0 radical (unpaired) electrons. The molecule has 2 heterocycles. The van der Waals surface area contributed by atoms with Gasteiger partial charge in [-0.3, -0.25) is 14.9 Å². The molecule has 6 heteroatoms. The Hall–Kier alpha value is -2.21. The second-order valence-corrected chi connectivity index (χ2v) is 5.21. The average Bonchev–Trinajstić information content (AvgIpc) is 2.93. The number of rotatable bonds is 4. The van der Waals surface area contributed by atoms with Crippen molar-refractivity contribution in [2.75, 3.05) is 6.54 Å². The SMILES string of the molecule is NC1CC(CNC(=O)c2cc(-c3ccncc3)n[nH]2)C1. The van der Waals surface area contributed by atoms with Crippen LogP contribution in [0.3, 0.4) is 0 Å². The van der Waals surface area contributed by atoms with Gasteiger partial charge in [-0.2, -0.15) is 5.10 Å². The first kappa shape index (κ1) is 12.8. The molecule has 0 aliphatic heterocycles. The van der Waals surface area contributed by atoms with Crippen LogP contribution in [-0.2, 0) is 0 Å². The number of carbonyl (C=O) groups excluding carboxylic acids is 1. The van der Waals surface area contributed by atoms with Crippen molar-refractivity contribution in [1.29, 1.82) is 0 Å². The molecule has 1 aliphatic rings. The molecule has 0 saturated heterocycles. The molecule has 0 aromatic carbocycles. The molecule has 1 amide bonds. The Morgan fingerprint density at radius 1 is 1.40 bits per heavy atom. The van der Waals surface area contributed by atoms with Crippen LogP contribution in [0, 0.1) is 5.92 Å². The van der Waals surface area contributed by atoms with Gasteiger partial charge in [0.05, 0.1) is 5.69 Å². The summed E-state index contributed by atoms with van der Waals surface area (Å²) in [5, 5.41) is 9.82. The fraction of sp³-hybridized carbons (Fsp3) is 0.357. The molecule has 1 aliphatic carbocycles. The summed E-state index contributed by atoms with van der Waals surface area (Å²) >= 11 is 0. The Morgan fingerprint density at radius 3 is 2.85 bits per heavy atom. The van der Waals surface area contributed by atoms with Gasteiger partial charge in [0.25, 0.3) is 5.91 Å². The van der Waals surface area contributed by atoms with Crippen molar-refractivity contribution < 1.29 is 4.79 Å². The molecule has 3 rings (SSSR count). The highest BCUT2D eigenvalue weighted by Crippen LogP contribution is 2.24. The molecular formula is C14H17N5O. The Bertz CT molecular complexity index is 589. The molecule has 0 atom stereocenters. The van der Waals surface area contributed by atoms with Crippen molar-refractivity contribution in [3.05, 3.63) is 36.3 Å². The van der Waals surface area contributed by atoms with E-state index in [4.69, 9.17) is 5.73 Å². The van der Waals surface area contributed by atoms with Gasteiger partial charge in [0.1, 0.15) is 5.69 Å². The first-order chi connectivity index (χ1) is 9.72. The number of carbonyl (C=O) groups is 1. The van der Waals surface area contributed by atoms with Gasteiger partial charge in [0, 0.05) is 30.5 Å². The van der Waals surface area contributed by atoms with Crippen LogP contribution < -0.4 is 11.1 Å². The summed E-state index contributed by atoms with van der Waals surface area (Å²) in [6.45, 7) is 0.677. The maximum Gasteiger partial charge on any atom is 0.269 e. The smallest absolute Gasteiger partial charge is 0.269 e. The maximum absolute atomic E-state index is 12.0. The Balaban J connectivity index is 1.60. The lowest BCUT2D eigenvalue weighted by atomic mass is 9.81. The third-order valence-corrected chi connectivity index (χ3v) is 3.62. The zero-order valence-electron chi connectivity index (χ0n) is 11.0. The molecule has 0 unspecified atom stereocenters. The summed E-state index contributed by atoms with van der Waals surface area (Å²) in [5.41, 5.74) is 7.86. The van der Waals surface area contributed by atoms with Gasteiger partial charge in [-0.05, 0) is 37.0 Å². The van der Waals surface area contributed by atoms with Crippen molar-refractivity contribution in [3.8, 4) is 11.3 Å². The van der Waals surface area contributed by atoms with Gasteiger partial charge < -0.3 is 11.1 Å². The summed E-state index contributed by atoms with van der Waals surface area (Å²) in [7, 11) is 0. The van der Waals surface area contributed by atoms with Crippen LogP contribution in [0.15, 0.2) is 30.6 Å². The Morgan fingerprint density at radius 2 is 2.15 bits per heavy atom. The molecule has 0 spiro atoms. The molecule has 6 nitrogen and oxygen atoms in total. The number of aromatic nitrogens is 3. The molecule has 1 saturated carbocycles. The van der Waals surface area contributed by atoms with Crippen LogP contribution in [0.1, 0.15) is 23.3 Å². The van der Waals surface area contributed by atoms with Crippen molar-refractivity contribution in [2.24, 2.45) is 11.7 Å². The third kappa shape index (κ3) is 2.70. The van der Waals surface area contributed by atoms with Crippen LogP contribution in [0.4, 0.5) is 0 Å². The van der Waals surface area contributed by atoms with E-state index in [1.807, 2.05) is 12.1 Å². The number of hydrogen-bond donors (Lipinski definition) is 3. The number of aromatic amines is 1. The molecule has 20 heavy (non-hydrogen) atoms. The van der Waals surface area contributed by atoms with Gasteiger partial charge in [-0.15, -0.1) is 0 Å². The van der Waals surface area contributed by atoms with E-state index < -0.39 is 0 Å². The molecule has 4 N–H and O–H groups in total. The van der Waals surface area contributed by atoms with Crippen LogP contribution in [0.2, 0.25) is 0 Å². The summed E-state index contributed by atoms with van der Waals surface area (Å²) in [4.78, 5) is 15.9. The maximum atomic E-state index is 12.0. The zero-order valence-corrected chi connectivity index (χ0v) is 11.0. The first-order valence-electron chi connectivity index (χ1n) is 6.72. The zero-order chi connectivity index (χ0) is 13.9. The van der Waals surface area contributed by atoms with E-state index in [-0.39, 0.29) is 5.91 Å². The van der Waals surface area contributed by atoms with E-state index in [2.05, 4.69) is 20.5 Å². The molecule has 1 fully saturated rings. The van der Waals surface area contributed by atoms with E-state index in [9.17, 15) is 4.79 Å². The second kappa shape index (κ2) is 5.42. The summed E-state index contributed by atoms with van der Waals surface area (Å²) < 4.78 is 0. The van der Waals surface area contributed by atoms with Crippen LogP contribution in [0.25, 0.3) is 11.3 Å².